The first kappa shape index (κ1) is 24.1. The van der Waals surface area contributed by atoms with E-state index in [1.807, 2.05) is 48.8 Å². The molecule has 4 aromatic rings. The third-order valence-corrected chi connectivity index (χ3v) is 7.11. The number of pyridine rings is 1. The maximum Gasteiger partial charge on any atom is 0.338 e. The zero-order valence-electron chi connectivity index (χ0n) is 21.1. The zero-order chi connectivity index (χ0) is 24.9. The predicted octanol–water partition coefficient (Wildman–Crippen LogP) is 6.04. The summed E-state index contributed by atoms with van der Waals surface area (Å²) in [4.78, 5) is 19.8. The lowest BCUT2D eigenvalue weighted by Crippen LogP contribution is -2.31. The standard InChI is InChI=1S/C30H33N3O3/c1-35-25-12-10-22(11-13-25)23-18-24(20-31-19-23)27-21-33(17-7-16-32-14-4-3-5-15-32)28-9-6-8-26(29(27)28)30(34)36-2/h6,8-13,18-21H,3-5,7,14-17H2,1-2H3. The molecule has 0 bridgehead atoms. The molecule has 0 aliphatic carbocycles. The number of hydrogen-bond acceptors (Lipinski definition) is 5. The summed E-state index contributed by atoms with van der Waals surface area (Å²) >= 11 is 0. The van der Waals surface area contributed by atoms with Crippen molar-refractivity contribution in [2.75, 3.05) is 33.9 Å². The van der Waals surface area contributed by atoms with Crippen molar-refractivity contribution in [2.45, 2.75) is 32.2 Å². The number of aryl methyl sites for hydroxylation is 1. The van der Waals surface area contributed by atoms with Crippen molar-refractivity contribution < 1.29 is 14.3 Å². The number of carbonyl (C=O) groups excluding carboxylic acids is 1. The highest BCUT2D eigenvalue weighted by Crippen LogP contribution is 2.35. The molecule has 1 aliphatic rings. The largest absolute Gasteiger partial charge is 0.497 e. The maximum atomic E-state index is 12.7. The average molecular weight is 484 g/mol. The van der Waals surface area contributed by atoms with E-state index >= 15 is 0 Å². The molecule has 0 unspecified atom stereocenters. The minimum atomic E-state index is -0.327. The van der Waals surface area contributed by atoms with E-state index in [4.69, 9.17) is 9.47 Å². The van der Waals surface area contributed by atoms with E-state index in [0.717, 1.165) is 58.4 Å². The van der Waals surface area contributed by atoms with Gasteiger partial charge in [0.25, 0.3) is 0 Å². The normalized spacial score (nSPS) is 14.2. The average Bonchev–Trinajstić information content (AvgIpc) is 3.32. The maximum absolute atomic E-state index is 12.7. The van der Waals surface area contributed by atoms with Crippen molar-refractivity contribution in [1.29, 1.82) is 0 Å². The zero-order valence-corrected chi connectivity index (χ0v) is 21.1. The summed E-state index contributed by atoms with van der Waals surface area (Å²) in [6, 6.07) is 16.0. The Hall–Kier alpha value is -3.64. The fraction of sp³-hybridized carbons (Fsp3) is 0.333. The van der Waals surface area contributed by atoms with E-state index in [1.54, 1.807) is 7.11 Å². The van der Waals surface area contributed by atoms with Crippen molar-refractivity contribution in [3.05, 3.63) is 72.7 Å². The summed E-state index contributed by atoms with van der Waals surface area (Å²) in [6.45, 7) is 4.39. The molecule has 3 heterocycles. The van der Waals surface area contributed by atoms with Gasteiger partial charge in [-0.25, -0.2) is 4.79 Å². The molecule has 5 rings (SSSR count). The number of piperidine rings is 1. The molecule has 2 aromatic heterocycles. The Morgan fingerprint density at radius 1 is 0.917 bits per heavy atom. The highest BCUT2D eigenvalue weighted by molar-refractivity contribution is 6.10. The molecule has 0 N–H and O–H groups in total. The quantitative estimate of drug-likeness (QED) is 0.286. The molecule has 36 heavy (non-hydrogen) atoms. The van der Waals surface area contributed by atoms with E-state index in [2.05, 4.69) is 32.8 Å². The minimum absolute atomic E-state index is 0.327. The number of benzene rings is 2. The lowest BCUT2D eigenvalue weighted by molar-refractivity contribution is 0.0603. The first-order chi connectivity index (χ1) is 17.7. The Morgan fingerprint density at radius 2 is 1.69 bits per heavy atom. The number of ether oxygens (including phenoxy) is 2. The van der Waals surface area contributed by atoms with Gasteiger partial charge in [0, 0.05) is 52.7 Å². The molecular weight excluding hydrogens is 450 g/mol. The summed E-state index contributed by atoms with van der Waals surface area (Å²) in [5.74, 6) is 0.491. The fourth-order valence-corrected chi connectivity index (χ4v) is 5.21. The van der Waals surface area contributed by atoms with E-state index in [9.17, 15) is 4.79 Å². The lowest BCUT2D eigenvalue weighted by atomic mass is 9.99. The summed E-state index contributed by atoms with van der Waals surface area (Å²) in [5, 5.41) is 0.913. The van der Waals surface area contributed by atoms with E-state index < -0.39 is 0 Å². The molecule has 0 radical (unpaired) electrons. The smallest absolute Gasteiger partial charge is 0.338 e. The molecular formula is C30H33N3O3. The molecule has 1 aliphatic heterocycles. The first-order valence-corrected chi connectivity index (χ1v) is 12.7. The monoisotopic (exact) mass is 483 g/mol. The van der Waals surface area contributed by atoms with Crippen LogP contribution in [-0.2, 0) is 11.3 Å². The van der Waals surface area contributed by atoms with Crippen LogP contribution in [0.4, 0.5) is 0 Å². The number of carbonyl (C=O) groups is 1. The lowest BCUT2D eigenvalue weighted by Gasteiger charge is -2.26. The highest BCUT2D eigenvalue weighted by atomic mass is 16.5. The molecule has 1 saturated heterocycles. The van der Waals surface area contributed by atoms with Crippen molar-refractivity contribution in [2.24, 2.45) is 0 Å². The van der Waals surface area contributed by atoms with Gasteiger partial charge >= 0.3 is 5.97 Å². The Balaban J connectivity index is 1.52. The molecule has 2 aromatic carbocycles. The molecule has 0 spiro atoms. The van der Waals surface area contributed by atoms with Gasteiger partial charge in [0.05, 0.1) is 19.8 Å². The van der Waals surface area contributed by atoms with Crippen LogP contribution in [0.1, 0.15) is 36.0 Å². The third kappa shape index (κ3) is 5.00. The van der Waals surface area contributed by atoms with Gasteiger partial charge in [-0.2, -0.15) is 0 Å². The van der Waals surface area contributed by atoms with Crippen LogP contribution in [0.3, 0.4) is 0 Å². The molecule has 6 heteroatoms. The van der Waals surface area contributed by atoms with Crippen molar-refractivity contribution in [1.82, 2.24) is 14.5 Å². The van der Waals surface area contributed by atoms with Crippen LogP contribution in [0.25, 0.3) is 33.2 Å². The van der Waals surface area contributed by atoms with Gasteiger partial charge in [0.15, 0.2) is 0 Å². The van der Waals surface area contributed by atoms with E-state index in [-0.39, 0.29) is 5.97 Å². The molecule has 186 valence electrons. The Bertz CT molecular complexity index is 1340. The molecule has 6 nitrogen and oxygen atoms in total. The van der Waals surface area contributed by atoms with Gasteiger partial charge in [0.1, 0.15) is 5.75 Å². The van der Waals surface area contributed by atoms with Crippen molar-refractivity contribution in [3.63, 3.8) is 0 Å². The molecule has 0 saturated carbocycles. The summed E-state index contributed by atoms with van der Waals surface area (Å²) in [7, 11) is 3.10. The van der Waals surface area contributed by atoms with Crippen LogP contribution in [0, 0.1) is 0 Å². The predicted molar refractivity (Wildman–Crippen MR) is 143 cm³/mol. The van der Waals surface area contributed by atoms with Crippen molar-refractivity contribution >= 4 is 16.9 Å². The Kier molecular flexibility index (Phi) is 7.33. The van der Waals surface area contributed by atoms with Gasteiger partial charge in [0.2, 0.25) is 0 Å². The van der Waals surface area contributed by atoms with Crippen LogP contribution >= 0.6 is 0 Å². The number of methoxy groups -OCH3 is 2. The Morgan fingerprint density at radius 3 is 2.44 bits per heavy atom. The summed E-state index contributed by atoms with van der Waals surface area (Å²) in [6.07, 6.45) is 10.9. The second-order valence-electron chi connectivity index (χ2n) is 9.37. The minimum Gasteiger partial charge on any atom is -0.497 e. The number of fused-ring (bicyclic) bond motifs is 1. The molecule has 0 atom stereocenters. The van der Waals surface area contributed by atoms with E-state index in [1.165, 1.54) is 39.5 Å². The number of likely N-dealkylation sites (tertiary alicyclic amines) is 1. The van der Waals surface area contributed by atoms with Gasteiger partial charge in [-0.05, 0) is 74.8 Å². The second-order valence-corrected chi connectivity index (χ2v) is 9.37. The van der Waals surface area contributed by atoms with Crippen LogP contribution in [0.15, 0.2) is 67.1 Å². The summed E-state index contributed by atoms with van der Waals surface area (Å²) in [5.41, 5.74) is 5.66. The molecule has 0 amide bonds. The second kappa shape index (κ2) is 11.0. The number of esters is 1. The van der Waals surface area contributed by atoms with Gasteiger partial charge in [-0.15, -0.1) is 0 Å². The number of rotatable bonds is 8. The third-order valence-electron chi connectivity index (χ3n) is 7.11. The van der Waals surface area contributed by atoms with Crippen molar-refractivity contribution in [3.8, 4) is 28.0 Å². The van der Waals surface area contributed by atoms with Crippen LogP contribution < -0.4 is 4.74 Å². The topological polar surface area (TPSA) is 56.6 Å². The highest BCUT2D eigenvalue weighted by Gasteiger charge is 2.19. The van der Waals surface area contributed by atoms with E-state index in [0.29, 0.717) is 5.56 Å². The van der Waals surface area contributed by atoms with Crippen LogP contribution in [0.5, 0.6) is 5.75 Å². The van der Waals surface area contributed by atoms with Crippen LogP contribution in [0.2, 0.25) is 0 Å². The number of nitrogens with zero attached hydrogens (tertiary/aromatic N) is 3. The fourth-order valence-electron chi connectivity index (χ4n) is 5.21. The van der Waals surface area contributed by atoms with Gasteiger partial charge in [-0.1, -0.05) is 24.6 Å². The van der Waals surface area contributed by atoms with Gasteiger partial charge in [-0.3, -0.25) is 4.98 Å². The van der Waals surface area contributed by atoms with Gasteiger partial charge < -0.3 is 18.9 Å². The number of aromatic nitrogens is 2. The molecule has 1 fully saturated rings. The Labute approximate surface area is 212 Å². The number of hydrogen-bond donors (Lipinski definition) is 0. The van der Waals surface area contributed by atoms with Crippen LogP contribution in [-0.4, -0.2) is 54.3 Å². The summed E-state index contributed by atoms with van der Waals surface area (Å²) < 4.78 is 12.7. The first-order valence-electron chi connectivity index (χ1n) is 12.7. The SMILES string of the molecule is COC(=O)c1cccc2c1c(-c1cncc(-c3ccc(OC)cc3)c1)cn2CCCN1CCCCC1.